The van der Waals surface area contributed by atoms with Crippen LogP contribution in [-0.2, 0) is 4.79 Å². The molecule has 3 N–H and O–H groups in total. The summed E-state index contributed by atoms with van der Waals surface area (Å²) in [6.07, 6.45) is 2.55. The van der Waals surface area contributed by atoms with Crippen LogP contribution in [0.5, 0.6) is 0 Å². The molecule has 0 saturated heterocycles. The number of rotatable bonds is 4. The maximum atomic E-state index is 11.6. The quantitative estimate of drug-likeness (QED) is 0.766. The Hall–Kier alpha value is -1.51. The Kier molecular flexibility index (Phi) is 4.35. The molecule has 0 fully saturated rings. The average Bonchev–Trinajstić information content (AvgIpc) is 2.23. The molecule has 1 aromatic carbocycles. The Labute approximate surface area is 97.0 Å². The van der Waals surface area contributed by atoms with E-state index in [1.54, 1.807) is 0 Å². The normalized spacial score (nSPS) is 10.2. The first kappa shape index (κ1) is 12.6. The number of carbonyl (C=O) groups is 1. The van der Waals surface area contributed by atoms with Crippen molar-refractivity contribution in [3.8, 4) is 0 Å². The highest BCUT2D eigenvalue weighted by Crippen LogP contribution is 2.22. The topological polar surface area (TPSA) is 55.1 Å². The minimum Gasteiger partial charge on any atom is -0.399 e. The molecule has 0 unspecified atom stereocenters. The predicted molar refractivity (Wildman–Crippen MR) is 68.5 cm³/mol. The molecule has 0 spiro atoms. The van der Waals surface area contributed by atoms with Gasteiger partial charge in [-0.05, 0) is 43.5 Å². The number of nitrogens with two attached hydrogens (primary N) is 1. The van der Waals surface area contributed by atoms with E-state index in [4.69, 9.17) is 5.73 Å². The Morgan fingerprint density at radius 3 is 2.62 bits per heavy atom. The van der Waals surface area contributed by atoms with Crippen LogP contribution < -0.4 is 11.1 Å². The van der Waals surface area contributed by atoms with Gasteiger partial charge in [0.15, 0.2) is 0 Å². The molecule has 0 radical (unpaired) electrons. The summed E-state index contributed by atoms with van der Waals surface area (Å²) < 4.78 is 0. The number of unbranched alkanes of at least 4 members (excludes halogenated alkanes) is 1. The second-order valence-electron chi connectivity index (χ2n) is 4.18. The van der Waals surface area contributed by atoms with Gasteiger partial charge >= 0.3 is 0 Å². The number of aryl methyl sites for hydroxylation is 2. The minimum absolute atomic E-state index is 0.0779. The van der Waals surface area contributed by atoms with Gasteiger partial charge in [-0.25, -0.2) is 0 Å². The molecule has 1 amide bonds. The summed E-state index contributed by atoms with van der Waals surface area (Å²) in [5.41, 5.74) is 9.43. The first-order valence-electron chi connectivity index (χ1n) is 5.71. The van der Waals surface area contributed by atoms with E-state index in [9.17, 15) is 4.79 Å². The lowest BCUT2D eigenvalue weighted by molar-refractivity contribution is -0.116. The molecule has 88 valence electrons. The number of hydrogen-bond acceptors (Lipinski definition) is 2. The molecular weight excluding hydrogens is 200 g/mol. The zero-order valence-electron chi connectivity index (χ0n) is 10.3. The first-order chi connectivity index (χ1) is 7.54. The summed E-state index contributed by atoms with van der Waals surface area (Å²) in [4.78, 5) is 11.6. The van der Waals surface area contributed by atoms with Crippen LogP contribution in [0.1, 0.15) is 37.3 Å². The van der Waals surface area contributed by atoms with E-state index in [1.165, 1.54) is 0 Å². The number of nitrogen functional groups attached to an aromatic ring is 1. The smallest absolute Gasteiger partial charge is 0.224 e. The van der Waals surface area contributed by atoms with E-state index in [0.29, 0.717) is 6.42 Å². The van der Waals surface area contributed by atoms with Gasteiger partial charge in [-0.2, -0.15) is 0 Å². The van der Waals surface area contributed by atoms with Crippen molar-refractivity contribution in [2.75, 3.05) is 11.1 Å². The van der Waals surface area contributed by atoms with Crippen molar-refractivity contribution < 1.29 is 4.79 Å². The molecule has 0 aliphatic heterocycles. The lowest BCUT2D eigenvalue weighted by atomic mass is 10.1. The number of amides is 1. The summed E-state index contributed by atoms with van der Waals surface area (Å²) in [6.45, 7) is 5.97. The zero-order chi connectivity index (χ0) is 12.1. The third kappa shape index (κ3) is 3.26. The minimum atomic E-state index is 0.0779. The van der Waals surface area contributed by atoms with Gasteiger partial charge in [0.05, 0.1) is 0 Å². The van der Waals surface area contributed by atoms with Crippen LogP contribution in [0.2, 0.25) is 0 Å². The van der Waals surface area contributed by atoms with Crippen LogP contribution in [0, 0.1) is 13.8 Å². The van der Waals surface area contributed by atoms with Gasteiger partial charge in [0, 0.05) is 17.8 Å². The highest BCUT2D eigenvalue weighted by molar-refractivity contribution is 5.91. The van der Waals surface area contributed by atoms with Crippen LogP contribution in [0.3, 0.4) is 0 Å². The lowest BCUT2D eigenvalue weighted by Crippen LogP contribution is -2.12. The first-order valence-corrected chi connectivity index (χ1v) is 5.71. The summed E-state index contributed by atoms with van der Waals surface area (Å²) in [5, 5.41) is 2.92. The van der Waals surface area contributed by atoms with Crippen molar-refractivity contribution >= 4 is 17.3 Å². The van der Waals surface area contributed by atoms with Gasteiger partial charge in [-0.3, -0.25) is 4.79 Å². The van der Waals surface area contributed by atoms with Gasteiger partial charge in [-0.1, -0.05) is 13.3 Å². The Morgan fingerprint density at radius 1 is 1.31 bits per heavy atom. The van der Waals surface area contributed by atoms with Crippen LogP contribution in [0.4, 0.5) is 11.4 Å². The molecule has 1 rings (SSSR count). The van der Waals surface area contributed by atoms with Gasteiger partial charge < -0.3 is 11.1 Å². The van der Waals surface area contributed by atoms with Gasteiger partial charge in [0.1, 0.15) is 0 Å². The number of carbonyl (C=O) groups excluding carboxylic acids is 1. The lowest BCUT2D eigenvalue weighted by Gasteiger charge is -2.11. The van der Waals surface area contributed by atoms with E-state index in [2.05, 4.69) is 12.2 Å². The van der Waals surface area contributed by atoms with E-state index < -0.39 is 0 Å². The molecule has 0 aliphatic rings. The van der Waals surface area contributed by atoms with Crippen molar-refractivity contribution in [1.29, 1.82) is 0 Å². The fourth-order valence-electron chi connectivity index (χ4n) is 1.52. The molecule has 0 atom stereocenters. The van der Waals surface area contributed by atoms with Gasteiger partial charge in [0.2, 0.25) is 5.91 Å². The largest absolute Gasteiger partial charge is 0.399 e. The molecule has 0 aromatic heterocycles. The van der Waals surface area contributed by atoms with Gasteiger partial charge in [0.25, 0.3) is 0 Å². The molecule has 3 nitrogen and oxygen atoms in total. The SMILES string of the molecule is CCCCC(=O)Nc1cc(C)c(N)cc1C. The van der Waals surface area contributed by atoms with Crippen LogP contribution in [-0.4, -0.2) is 5.91 Å². The molecule has 16 heavy (non-hydrogen) atoms. The molecule has 0 heterocycles. The Balaban J connectivity index is 2.73. The van der Waals surface area contributed by atoms with Crippen molar-refractivity contribution in [2.24, 2.45) is 0 Å². The third-order valence-electron chi connectivity index (χ3n) is 2.64. The molecule has 0 aliphatic carbocycles. The monoisotopic (exact) mass is 220 g/mol. The standard InChI is InChI=1S/C13H20N2O/c1-4-5-6-13(16)15-12-8-9(2)11(14)7-10(12)3/h7-8H,4-6,14H2,1-3H3,(H,15,16). The Morgan fingerprint density at radius 2 is 2.00 bits per heavy atom. The molecule has 1 aromatic rings. The van der Waals surface area contributed by atoms with E-state index >= 15 is 0 Å². The second-order valence-corrected chi connectivity index (χ2v) is 4.18. The maximum absolute atomic E-state index is 11.6. The van der Waals surface area contributed by atoms with Crippen molar-refractivity contribution in [1.82, 2.24) is 0 Å². The molecule has 0 saturated carbocycles. The molecule has 0 bridgehead atoms. The van der Waals surface area contributed by atoms with Gasteiger partial charge in [-0.15, -0.1) is 0 Å². The van der Waals surface area contributed by atoms with E-state index in [1.807, 2.05) is 26.0 Å². The summed E-state index contributed by atoms with van der Waals surface area (Å²) in [6, 6.07) is 3.82. The third-order valence-corrected chi connectivity index (χ3v) is 2.64. The predicted octanol–water partition coefficient (Wildman–Crippen LogP) is 3.01. The molecular formula is C13H20N2O. The summed E-state index contributed by atoms with van der Waals surface area (Å²) in [7, 11) is 0. The number of nitrogens with one attached hydrogen (secondary N) is 1. The number of hydrogen-bond donors (Lipinski definition) is 2. The van der Waals surface area contributed by atoms with Crippen molar-refractivity contribution in [2.45, 2.75) is 40.0 Å². The van der Waals surface area contributed by atoms with Crippen molar-refractivity contribution in [3.05, 3.63) is 23.3 Å². The number of anilines is 2. The van der Waals surface area contributed by atoms with Crippen molar-refractivity contribution in [3.63, 3.8) is 0 Å². The summed E-state index contributed by atoms with van der Waals surface area (Å²) in [5.74, 6) is 0.0779. The van der Waals surface area contributed by atoms with E-state index in [0.717, 1.165) is 35.3 Å². The maximum Gasteiger partial charge on any atom is 0.224 e. The van der Waals surface area contributed by atoms with Crippen LogP contribution in [0.25, 0.3) is 0 Å². The number of benzene rings is 1. The van der Waals surface area contributed by atoms with E-state index in [-0.39, 0.29) is 5.91 Å². The van der Waals surface area contributed by atoms with Crippen LogP contribution >= 0.6 is 0 Å². The Bertz CT molecular complexity index is 386. The fourth-order valence-corrected chi connectivity index (χ4v) is 1.52. The second kappa shape index (κ2) is 5.54. The highest BCUT2D eigenvalue weighted by Gasteiger charge is 2.06. The zero-order valence-corrected chi connectivity index (χ0v) is 10.3. The fraction of sp³-hybridized carbons (Fsp3) is 0.462. The van der Waals surface area contributed by atoms with Crippen LogP contribution in [0.15, 0.2) is 12.1 Å². The summed E-state index contributed by atoms with van der Waals surface area (Å²) >= 11 is 0. The average molecular weight is 220 g/mol. The molecule has 3 heteroatoms. The highest BCUT2D eigenvalue weighted by atomic mass is 16.1.